The van der Waals surface area contributed by atoms with Crippen LogP contribution in [0, 0.1) is 0 Å². The fraction of sp³-hybridized carbons (Fsp3) is 0.125. The van der Waals surface area contributed by atoms with E-state index in [0.29, 0.717) is 23.4 Å². The highest BCUT2D eigenvalue weighted by Gasteiger charge is 2.11. The Balaban J connectivity index is 2.10. The molecule has 0 radical (unpaired) electrons. The molecule has 0 aliphatic carbocycles. The molecule has 0 saturated heterocycles. The van der Waals surface area contributed by atoms with Gasteiger partial charge in [-0.3, -0.25) is 9.59 Å². The van der Waals surface area contributed by atoms with E-state index in [0.717, 1.165) is 0 Å². The van der Waals surface area contributed by atoms with Crippen LogP contribution in [-0.4, -0.2) is 16.9 Å². The van der Waals surface area contributed by atoms with Crippen LogP contribution in [0.5, 0.6) is 5.75 Å². The summed E-state index contributed by atoms with van der Waals surface area (Å²) in [7, 11) is 0. The second kappa shape index (κ2) is 7.35. The summed E-state index contributed by atoms with van der Waals surface area (Å²) >= 11 is 11.6. The number of benzene rings is 2. The fourth-order valence-electron chi connectivity index (χ4n) is 1.80. The van der Waals surface area contributed by atoms with Gasteiger partial charge in [0.2, 0.25) is 5.91 Å². The van der Waals surface area contributed by atoms with Crippen molar-refractivity contribution >= 4 is 46.4 Å². The van der Waals surface area contributed by atoms with Crippen LogP contribution in [-0.2, 0) is 4.79 Å². The Morgan fingerprint density at radius 2 is 1.57 bits per heavy atom. The van der Waals surface area contributed by atoms with Gasteiger partial charge in [0.25, 0.3) is 5.91 Å². The molecular weight excluding hydrogens is 339 g/mol. The number of aromatic hydroxyl groups is 1. The Morgan fingerprint density at radius 1 is 1.00 bits per heavy atom. The molecule has 3 N–H and O–H groups in total. The molecule has 2 rings (SSSR count). The zero-order valence-corrected chi connectivity index (χ0v) is 13.7. The quantitative estimate of drug-likeness (QED) is 0.717. The minimum absolute atomic E-state index is 0.0467. The lowest BCUT2D eigenvalue weighted by Gasteiger charge is -2.09. The summed E-state index contributed by atoms with van der Waals surface area (Å²) in [5, 5.41) is 14.9. The Bertz CT molecular complexity index is 722. The number of hydrogen-bond donors (Lipinski definition) is 3. The number of carbonyl (C=O) groups excluding carboxylic acids is 2. The molecule has 2 aromatic carbocycles. The summed E-state index contributed by atoms with van der Waals surface area (Å²) in [5.41, 5.74) is 1.38. The lowest BCUT2D eigenvalue weighted by molar-refractivity contribution is -0.115. The first-order valence-corrected chi connectivity index (χ1v) is 7.55. The third-order valence-corrected chi connectivity index (χ3v) is 3.60. The van der Waals surface area contributed by atoms with Crippen molar-refractivity contribution in [2.45, 2.75) is 13.3 Å². The largest absolute Gasteiger partial charge is 0.505 e. The highest BCUT2D eigenvalue weighted by Crippen LogP contribution is 2.34. The molecule has 2 amide bonds. The van der Waals surface area contributed by atoms with Crippen LogP contribution in [0.1, 0.15) is 23.7 Å². The van der Waals surface area contributed by atoms with E-state index in [1.807, 2.05) is 0 Å². The van der Waals surface area contributed by atoms with Gasteiger partial charge in [0.1, 0.15) is 0 Å². The van der Waals surface area contributed by atoms with E-state index in [1.165, 1.54) is 12.1 Å². The summed E-state index contributed by atoms with van der Waals surface area (Å²) in [4.78, 5) is 23.5. The molecule has 0 saturated carbocycles. The Hall–Kier alpha value is -2.24. The second-order valence-electron chi connectivity index (χ2n) is 4.72. The van der Waals surface area contributed by atoms with Crippen molar-refractivity contribution in [1.82, 2.24) is 0 Å². The summed E-state index contributed by atoms with van der Waals surface area (Å²) in [5.74, 6) is -0.700. The third kappa shape index (κ3) is 4.37. The lowest BCUT2D eigenvalue weighted by Crippen LogP contribution is -2.13. The molecule has 7 heteroatoms. The first-order valence-electron chi connectivity index (χ1n) is 6.80. The monoisotopic (exact) mass is 352 g/mol. The van der Waals surface area contributed by atoms with Gasteiger partial charge in [-0.15, -0.1) is 0 Å². The lowest BCUT2D eigenvalue weighted by atomic mass is 10.2. The van der Waals surface area contributed by atoms with Gasteiger partial charge < -0.3 is 15.7 Å². The van der Waals surface area contributed by atoms with Crippen LogP contribution in [0.4, 0.5) is 11.4 Å². The molecular formula is C16H14Cl2N2O3. The molecule has 5 nitrogen and oxygen atoms in total. The van der Waals surface area contributed by atoms with Crippen molar-refractivity contribution in [2.24, 2.45) is 0 Å². The minimum atomic E-state index is -0.365. The van der Waals surface area contributed by atoms with Crippen LogP contribution in [0.2, 0.25) is 10.0 Å². The van der Waals surface area contributed by atoms with Crippen LogP contribution in [0.25, 0.3) is 0 Å². The number of hydrogen-bond acceptors (Lipinski definition) is 3. The molecule has 2 aromatic rings. The summed E-state index contributed by atoms with van der Waals surface area (Å²) in [6.45, 7) is 1.76. The summed E-state index contributed by atoms with van der Waals surface area (Å²) in [6, 6.07) is 9.25. The average Bonchev–Trinajstić information content (AvgIpc) is 2.53. The van der Waals surface area contributed by atoms with E-state index in [4.69, 9.17) is 23.2 Å². The molecule has 120 valence electrons. The Morgan fingerprint density at radius 3 is 2.09 bits per heavy atom. The second-order valence-corrected chi connectivity index (χ2v) is 5.54. The molecule has 0 aliphatic heterocycles. The normalized spacial score (nSPS) is 10.2. The van der Waals surface area contributed by atoms with Crippen molar-refractivity contribution in [2.75, 3.05) is 10.6 Å². The van der Waals surface area contributed by atoms with Crippen molar-refractivity contribution in [3.8, 4) is 5.75 Å². The van der Waals surface area contributed by atoms with Crippen LogP contribution < -0.4 is 10.6 Å². The first kappa shape index (κ1) is 17.1. The van der Waals surface area contributed by atoms with Crippen molar-refractivity contribution < 1.29 is 14.7 Å². The van der Waals surface area contributed by atoms with E-state index in [-0.39, 0.29) is 27.6 Å². The summed E-state index contributed by atoms with van der Waals surface area (Å²) < 4.78 is 0. The van der Waals surface area contributed by atoms with Gasteiger partial charge in [0.15, 0.2) is 5.75 Å². The van der Waals surface area contributed by atoms with Crippen LogP contribution in [0.15, 0.2) is 36.4 Å². The SMILES string of the molecule is CCC(=O)Nc1ccc(C(=O)Nc2cc(Cl)c(O)c(Cl)c2)cc1. The van der Waals surface area contributed by atoms with Gasteiger partial charge in [-0.25, -0.2) is 0 Å². The smallest absolute Gasteiger partial charge is 0.255 e. The van der Waals surface area contributed by atoms with Gasteiger partial charge in [-0.05, 0) is 36.4 Å². The van der Waals surface area contributed by atoms with E-state index >= 15 is 0 Å². The predicted molar refractivity (Wildman–Crippen MR) is 91.4 cm³/mol. The molecule has 0 fully saturated rings. The summed E-state index contributed by atoms with van der Waals surface area (Å²) in [6.07, 6.45) is 0.380. The Labute approximate surface area is 143 Å². The molecule has 0 atom stereocenters. The number of amides is 2. The third-order valence-electron chi connectivity index (χ3n) is 3.03. The van der Waals surface area contributed by atoms with E-state index in [9.17, 15) is 14.7 Å². The predicted octanol–water partition coefficient (Wildman–Crippen LogP) is 4.30. The number of phenols is 1. The van der Waals surface area contributed by atoms with Crippen LogP contribution >= 0.6 is 23.2 Å². The number of carbonyl (C=O) groups is 2. The molecule has 0 unspecified atom stereocenters. The number of nitrogens with one attached hydrogen (secondary N) is 2. The zero-order valence-electron chi connectivity index (χ0n) is 12.2. The number of phenolic OH excluding ortho intramolecular Hbond substituents is 1. The Kier molecular flexibility index (Phi) is 5.47. The van der Waals surface area contributed by atoms with Gasteiger partial charge in [-0.2, -0.15) is 0 Å². The topological polar surface area (TPSA) is 78.4 Å². The van der Waals surface area contributed by atoms with Crippen LogP contribution in [0.3, 0.4) is 0 Å². The van der Waals surface area contributed by atoms with Gasteiger partial charge in [0.05, 0.1) is 10.0 Å². The van der Waals surface area contributed by atoms with Gasteiger partial charge in [-0.1, -0.05) is 30.1 Å². The van der Waals surface area contributed by atoms with Gasteiger partial charge >= 0.3 is 0 Å². The maximum Gasteiger partial charge on any atom is 0.255 e. The zero-order chi connectivity index (χ0) is 17.0. The van der Waals surface area contributed by atoms with E-state index in [2.05, 4.69) is 10.6 Å². The molecule has 0 bridgehead atoms. The maximum atomic E-state index is 12.2. The maximum absolute atomic E-state index is 12.2. The van der Waals surface area contributed by atoms with E-state index in [1.54, 1.807) is 31.2 Å². The fourth-order valence-corrected chi connectivity index (χ4v) is 2.28. The number of rotatable bonds is 4. The highest BCUT2D eigenvalue weighted by molar-refractivity contribution is 6.37. The molecule has 0 aliphatic rings. The van der Waals surface area contributed by atoms with Gasteiger partial charge in [0, 0.05) is 23.4 Å². The number of anilines is 2. The number of halogens is 2. The average molecular weight is 353 g/mol. The molecule has 0 spiro atoms. The van der Waals surface area contributed by atoms with Crippen molar-refractivity contribution in [3.05, 3.63) is 52.0 Å². The first-order chi connectivity index (χ1) is 10.9. The molecule has 0 heterocycles. The van der Waals surface area contributed by atoms with Crippen molar-refractivity contribution in [1.29, 1.82) is 0 Å². The minimum Gasteiger partial charge on any atom is -0.505 e. The molecule has 23 heavy (non-hydrogen) atoms. The standard InChI is InChI=1S/C16H14Cl2N2O3/c1-2-14(21)19-10-5-3-9(4-6-10)16(23)20-11-7-12(17)15(22)13(18)8-11/h3-8,22H,2H2,1H3,(H,19,21)(H,20,23). The highest BCUT2D eigenvalue weighted by atomic mass is 35.5. The van der Waals surface area contributed by atoms with E-state index < -0.39 is 0 Å². The molecule has 0 aromatic heterocycles. The van der Waals surface area contributed by atoms with Crippen molar-refractivity contribution in [3.63, 3.8) is 0 Å².